The Kier molecular flexibility index (Phi) is 15.1. The van der Waals surface area contributed by atoms with E-state index in [-0.39, 0.29) is 25.0 Å². The third kappa shape index (κ3) is 11.3. The zero-order valence-corrected chi connectivity index (χ0v) is 33.2. The molecule has 4 amide bonds. The Morgan fingerprint density at radius 2 is 1.65 bits per heavy atom. The van der Waals surface area contributed by atoms with E-state index in [1.165, 1.54) is 10.5 Å². The molecule has 0 bridgehead atoms. The van der Waals surface area contributed by atoms with Crippen LogP contribution in [0.2, 0.25) is 0 Å². The summed E-state index contributed by atoms with van der Waals surface area (Å²) in [6.45, 7) is 9.83. The Bertz CT molecular complexity index is 1650. The van der Waals surface area contributed by atoms with Gasteiger partial charge in [0.25, 0.3) is 5.91 Å². The number of carboxylic acids is 1. The van der Waals surface area contributed by atoms with E-state index >= 15 is 0 Å². The number of ketones is 1. The minimum absolute atomic E-state index is 0.0125. The minimum atomic E-state index is -1.35. The molecule has 2 aromatic rings. The molecule has 2 aliphatic rings. The third-order valence-corrected chi connectivity index (χ3v) is 12.9. The number of carbonyl (C=O) groups is 6. The highest BCUT2D eigenvalue weighted by Crippen LogP contribution is 2.50. The van der Waals surface area contributed by atoms with Crippen molar-refractivity contribution in [3.05, 3.63) is 71.3 Å². The maximum absolute atomic E-state index is 14.0. The Balaban J connectivity index is 1.40. The van der Waals surface area contributed by atoms with Crippen molar-refractivity contribution in [2.24, 2.45) is 5.73 Å². The SMILES string of the molecule is CCCC(NC(=O)[C@@H]1CC2(CN1C(=O)C(N)[C@H](C)OCc1ccc(C(C)(C)C)cc1)SCCCS2)C(=O)C(=O)NCC(=O)NC(C(=O)O)c1ccccc1. The van der Waals surface area contributed by atoms with Crippen LogP contribution in [0.25, 0.3) is 0 Å². The molecule has 6 N–H and O–H groups in total. The van der Waals surface area contributed by atoms with Crippen LogP contribution in [0, 0.1) is 0 Å². The molecule has 1 spiro atoms. The number of benzene rings is 2. The van der Waals surface area contributed by atoms with Crippen LogP contribution in [-0.2, 0) is 45.5 Å². The fourth-order valence-electron chi connectivity index (χ4n) is 6.33. The van der Waals surface area contributed by atoms with E-state index < -0.39 is 76.3 Å². The first-order valence-electron chi connectivity index (χ1n) is 18.3. The summed E-state index contributed by atoms with van der Waals surface area (Å²) in [5.74, 6) is -3.42. The molecule has 0 radical (unpaired) electrons. The number of aliphatic carboxylic acids is 1. The monoisotopic (exact) mass is 783 g/mol. The van der Waals surface area contributed by atoms with Gasteiger partial charge in [0.2, 0.25) is 23.5 Å². The molecule has 2 aromatic carbocycles. The number of nitrogens with one attached hydrogen (secondary N) is 3. The first-order chi connectivity index (χ1) is 25.5. The fraction of sp³-hybridized carbons (Fsp3) is 0.538. The first-order valence-corrected chi connectivity index (χ1v) is 20.3. The highest BCUT2D eigenvalue weighted by molar-refractivity contribution is 8.18. The Morgan fingerprint density at radius 3 is 2.24 bits per heavy atom. The molecule has 4 rings (SSSR count). The average molecular weight is 784 g/mol. The van der Waals surface area contributed by atoms with Gasteiger partial charge in [-0.2, -0.15) is 0 Å². The molecule has 2 aliphatic heterocycles. The number of nitrogens with zero attached hydrogens (tertiary/aromatic N) is 1. The number of hydrogen-bond donors (Lipinski definition) is 5. The van der Waals surface area contributed by atoms with Gasteiger partial charge in [0.05, 0.1) is 29.4 Å². The molecule has 5 atom stereocenters. The lowest BCUT2D eigenvalue weighted by Gasteiger charge is -2.32. The maximum Gasteiger partial charge on any atom is 0.330 e. The number of hydrogen-bond acceptors (Lipinski definition) is 10. The molecule has 294 valence electrons. The van der Waals surface area contributed by atoms with Gasteiger partial charge in [-0.05, 0) is 53.4 Å². The van der Waals surface area contributed by atoms with Crippen LogP contribution in [0.3, 0.4) is 0 Å². The summed E-state index contributed by atoms with van der Waals surface area (Å²) in [7, 11) is 0. The second kappa shape index (κ2) is 19.1. The molecule has 0 saturated carbocycles. The number of nitrogens with two attached hydrogens (primary N) is 1. The number of amides is 4. The van der Waals surface area contributed by atoms with E-state index in [0.29, 0.717) is 18.4 Å². The lowest BCUT2D eigenvalue weighted by Crippen LogP contribution is -2.57. The Labute approximate surface area is 325 Å². The summed E-state index contributed by atoms with van der Waals surface area (Å²) < 4.78 is 5.63. The van der Waals surface area contributed by atoms with Crippen molar-refractivity contribution >= 4 is 58.9 Å². The number of rotatable bonds is 16. The van der Waals surface area contributed by atoms with E-state index in [2.05, 4.69) is 48.9 Å². The van der Waals surface area contributed by atoms with Gasteiger partial charge in [-0.1, -0.05) is 88.7 Å². The maximum atomic E-state index is 14.0. The van der Waals surface area contributed by atoms with Crippen LogP contribution in [0.5, 0.6) is 0 Å². The topological polar surface area (TPSA) is 197 Å². The average Bonchev–Trinajstić information content (AvgIpc) is 3.52. The third-order valence-electron chi connectivity index (χ3n) is 9.55. The molecule has 2 fully saturated rings. The molecule has 0 aliphatic carbocycles. The standard InChI is InChI=1S/C39H53N5O8S2/c1-6-11-28(33(46)35(48)41-21-30(45)43-32(37(50)51)26-12-8-7-9-13-26)42-34(47)29-20-39(53-18-10-19-54-39)23-44(29)36(49)31(40)24(2)52-22-25-14-16-27(17-15-25)38(3,4)5/h7-9,12-17,24,28-29,31-32H,6,10-11,18-23,40H2,1-5H3,(H,41,48)(H,42,47)(H,43,45)(H,50,51)/t24-,28?,29-,31?,32?/m0/s1. The summed E-state index contributed by atoms with van der Waals surface area (Å²) in [5.41, 5.74) is 8.99. The molecule has 0 aromatic heterocycles. The molecular weight excluding hydrogens is 731 g/mol. The van der Waals surface area contributed by atoms with E-state index in [9.17, 15) is 33.9 Å². The molecule has 15 heteroatoms. The summed E-state index contributed by atoms with van der Waals surface area (Å²) in [6, 6.07) is 11.6. The number of carbonyl (C=O) groups excluding carboxylic acids is 5. The van der Waals surface area contributed by atoms with Crippen molar-refractivity contribution in [2.45, 2.75) is 107 Å². The Morgan fingerprint density at radius 1 is 1.00 bits per heavy atom. The summed E-state index contributed by atoms with van der Waals surface area (Å²) >= 11 is 3.42. The van der Waals surface area contributed by atoms with Gasteiger partial charge >= 0.3 is 5.97 Å². The quantitative estimate of drug-likeness (QED) is 0.157. The zero-order chi connectivity index (χ0) is 39.6. The van der Waals surface area contributed by atoms with Gasteiger partial charge in [0.1, 0.15) is 12.1 Å². The van der Waals surface area contributed by atoms with Crippen LogP contribution < -0.4 is 21.7 Å². The van der Waals surface area contributed by atoms with Crippen molar-refractivity contribution in [1.82, 2.24) is 20.9 Å². The predicted octanol–water partition coefficient (Wildman–Crippen LogP) is 3.30. The molecule has 13 nitrogen and oxygen atoms in total. The van der Waals surface area contributed by atoms with Gasteiger partial charge in [-0.3, -0.25) is 24.0 Å². The number of thioether (sulfide) groups is 2. The van der Waals surface area contributed by atoms with Crippen LogP contribution in [-0.4, -0.2) is 98.3 Å². The van der Waals surface area contributed by atoms with Crippen LogP contribution in [0.4, 0.5) is 0 Å². The smallest absolute Gasteiger partial charge is 0.330 e. The summed E-state index contributed by atoms with van der Waals surface area (Å²) in [4.78, 5) is 80.1. The second-order valence-electron chi connectivity index (χ2n) is 14.8. The first kappa shape index (κ1) is 42.8. The van der Waals surface area contributed by atoms with Gasteiger partial charge in [-0.15, -0.1) is 23.5 Å². The fourth-order valence-corrected chi connectivity index (χ4v) is 9.68. The van der Waals surface area contributed by atoms with Crippen LogP contribution in [0.1, 0.15) is 83.0 Å². The number of carboxylic acid groups (broad SMARTS) is 1. The van der Waals surface area contributed by atoms with Crippen LogP contribution in [0.15, 0.2) is 54.6 Å². The van der Waals surface area contributed by atoms with Gasteiger partial charge in [0, 0.05) is 13.0 Å². The van der Waals surface area contributed by atoms with Gasteiger partial charge in [0.15, 0.2) is 6.04 Å². The van der Waals surface area contributed by atoms with E-state index in [4.69, 9.17) is 10.5 Å². The normalized spacial score (nSPS) is 18.9. The predicted molar refractivity (Wildman–Crippen MR) is 210 cm³/mol. The van der Waals surface area contributed by atoms with Crippen molar-refractivity contribution in [3.63, 3.8) is 0 Å². The van der Waals surface area contributed by atoms with E-state index in [0.717, 1.165) is 23.5 Å². The number of likely N-dealkylation sites (tertiary alicyclic amines) is 1. The molecule has 2 heterocycles. The minimum Gasteiger partial charge on any atom is -0.479 e. The zero-order valence-electron chi connectivity index (χ0n) is 31.6. The molecule has 2 saturated heterocycles. The number of ether oxygens (including phenoxy) is 1. The highest BCUT2D eigenvalue weighted by Gasteiger charge is 2.51. The number of Topliss-reactive ketones (excluding diaryl/α,β-unsaturated/α-hetero) is 1. The summed E-state index contributed by atoms with van der Waals surface area (Å²) in [6.07, 6.45) is 1.26. The summed E-state index contributed by atoms with van der Waals surface area (Å²) in [5, 5.41) is 16.9. The van der Waals surface area contributed by atoms with E-state index in [1.54, 1.807) is 67.7 Å². The van der Waals surface area contributed by atoms with Gasteiger partial charge < -0.3 is 36.4 Å². The van der Waals surface area contributed by atoms with E-state index in [1.807, 2.05) is 12.1 Å². The van der Waals surface area contributed by atoms with Crippen molar-refractivity contribution in [2.75, 3.05) is 24.6 Å². The molecule has 54 heavy (non-hydrogen) atoms. The van der Waals surface area contributed by atoms with Gasteiger partial charge in [-0.25, -0.2) is 4.79 Å². The van der Waals surface area contributed by atoms with Crippen molar-refractivity contribution in [1.29, 1.82) is 0 Å². The lowest BCUT2D eigenvalue weighted by molar-refractivity contribution is -0.144. The molecular formula is C39H53N5O8S2. The van der Waals surface area contributed by atoms with Crippen molar-refractivity contribution < 1.29 is 38.6 Å². The second-order valence-corrected chi connectivity index (χ2v) is 18.0. The molecule has 3 unspecified atom stereocenters. The van der Waals surface area contributed by atoms with Crippen molar-refractivity contribution in [3.8, 4) is 0 Å². The highest BCUT2D eigenvalue weighted by atomic mass is 32.2. The largest absolute Gasteiger partial charge is 0.479 e. The Hall–Kier alpha value is -3.92. The lowest BCUT2D eigenvalue weighted by atomic mass is 9.87. The van der Waals surface area contributed by atoms with Crippen LogP contribution >= 0.6 is 23.5 Å².